The molecule has 0 spiro atoms. The molecule has 1 aromatic carbocycles. The summed E-state index contributed by atoms with van der Waals surface area (Å²) >= 11 is 0. The molecule has 1 aliphatic rings. The third-order valence-electron chi connectivity index (χ3n) is 3.60. The van der Waals surface area contributed by atoms with E-state index in [1.807, 2.05) is 18.2 Å². The molecular weight excluding hydrogens is 258 g/mol. The molecule has 102 valence electrons. The molecule has 0 saturated heterocycles. The van der Waals surface area contributed by atoms with Crippen LogP contribution < -0.4 is 5.73 Å². The maximum Gasteiger partial charge on any atom is 0.113 e. The lowest BCUT2D eigenvalue weighted by atomic mass is 10.2. The van der Waals surface area contributed by atoms with Crippen molar-refractivity contribution in [1.82, 2.24) is 9.55 Å². The molecule has 0 radical (unpaired) electrons. The van der Waals surface area contributed by atoms with Gasteiger partial charge in [0.05, 0.1) is 11.0 Å². The van der Waals surface area contributed by atoms with Crippen LogP contribution in [0.15, 0.2) is 18.2 Å². The monoisotopic (exact) mass is 277 g/mol. The molecule has 0 bridgehead atoms. The van der Waals surface area contributed by atoms with Crippen LogP contribution in [-0.4, -0.2) is 25.8 Å². The Labute approximate surface area is 115 Å². The standard InChI is InChI=1S/C14H19N3OS/c1-9(8-19(2)18)17-13-6-5-11(15)7-12(13)16-14(17)10-3-4-10/h5-7,9-10H,3-4,8,15H2,1-2H3. The maximum atomic E-state index is 11.5. The summed E-state index contributed by atoms with van der Waals surface area (Å²) in [5.74, 6) is 2.37. The topological polar surface area (TPSA) is 60.9 Å². The average molecular weight is 277 g/mol. The van der Waals surface area contributed by atoms with Crippen molar-refractivity contribution in [2.75, 3.05) is 17.7 Å². The number of rotatable bonds is 4. The van der Waals surface area contributed by atoms with Crippen LogP contribution in [0.3, 0.4) is 0 Å². The number of nitrogens with zero attached hydrogens (tertiary/aromatic N) is 2. The van der Waals surface area contributed by atoms with Crippen molar-refractivity contribution in [2.24, 2.45) is 0 Å². The lowest BCUT2D eigenvalue weighted by Crippen LogP contribution is -2.15. The highest BCUT2D eigenvalue weighted by Crippen LogP contribution is 2.42. The van der Waals surface area contributed by atoms with Crippen molar-refractivity contribution in [3.8, 4) is 0 Å². The Morgan fingerprint density at radius 2 is 2.26 bits per heavy atom. The van der Waals surface area contributed by atoms with E-state index in [4.69, 9.17) is 10.7 Å². The highest BCUT2D eigenvalue weighted by atomic mass is 32.2. The molecule has 0 amide bonds. The zero-order chi connectivity index (χ0) is 13.6. The smallest absolute Gasteiger partial charge is 0.113 e. The second-order valence-electron chi connectivity index (χ2n) is 5.45. The zero-order valence-electron chi connectivity index (χ0n) is 11.3. The van der Waals surface area contributed by atoms with E-state index in [0.29, 0.717) is 11.7 Å². The van der Waals surface area contributed by atoms with Crippen LogP contribution >= 0.6 is 0 Å². The normalized spacial score (nSPS) is 18.6. The van der Waals surface area contributed by atoms with Gasteiger partial charge in [-0.15, -0.1) is 0 Å². The summed E-state index contributed by atoms with van der Waals surface area (Å²) in [5, 5.41) is 0. The predicted octanol–water partition coefficient (Wildman–Crippen LogP) is 2.44. The van der Waals surface area contributed by atoms with Crippen molar-refractivity contribution >= 4 is 27.5 Å². The zero-order valence-corrected chi connectivity index (χ0v) is 12.1. The first kappa shape index (κ1) is 12.7. The molecule has 4 nitrogen and oxygen atoms in total. The van der Waals surface area contributed by atoms with Crippen molar-refractivity contribution in [3.63, 3.8) is 0 Å². The number of fused-ring (bicyclic) bond motifs is 1. The van der Waals surface area contributed by atoms with Crippen molar-refractivity contribution in [1.29, 1.82) is 0 Å². The van der Waals surface area contributed by atoms with E-state index >= 15 is 0 Å². The van der Waals surface area contributed by atoms with Gasteiger partial charge in [0.2, 0.25) is 0 Å². The van der Waals surface area contributed by atoms with E-state index in [-0.39, 0.29) is 6.04 Å². The van der Waals surface area contributed by atoms with Crippen molar-refractivity contribution in [2.45, 2.75) is 31.7 Å². The Morgan fingerprint density at radius 3 is 2.89 bits per heavy atom. The van der Waals surface area contributed by atoms with Crippen molar-refractivity contribution in [3.05, 3.63) is 24.0 Å². The molecule has 0 aliphatic heterocycles. The van der Waals surface area contributed by atoms with E-state index in [9.17, 15) is 4.21 Å². The molecule has 2 unspecified atom stereocenters. The van der Waals surface area contributed by atoms with E-state index < -0.39 is 10.8 Å². The van der Waals surface area contributed by atoms with Crippen LogP contribution in [0, 0.1) is 0 Å². The molecule has 2 aromatic rings. The van der Waals surface area contributed by atoms with Crippen LogP contribution in [-0.2, 0) is 10.8 Å². The first-order valence-corrected chi connectivity index (χ1v) is 8.36. The first-order valence-electron chi connectivity index (χ1n) is 6.63. The average Bonchev–Trinajstić information content (AvgIpc) is 3.09. The summed E-state index contributed by atoms with van der Waals surface area (Å²) in [4.78, 5) is 4.75. The number of hydrogen-bond donors (Lipinski definition) is 1. The largest absolute Gasteiger partial charge is 0.399 e. The summed E-state index contributed by atoms with van der Waals surface area (Å²) in [7, 11) is -0.802. The molecule has 1 aromatic heterocycles. The number of benzene rings is 1. The van der Waals surface area contributed by atoms with Gasteiger partial charge in [-0.3, -0.25) is 4.21 Å². The summed E-state index contributed by atoms with van der Waals surface area (Å²) in [6.45, 7) is 2.12. The van der Waals surface area contributed by atoms with Gasteiger partial charge in [-0.05, 0) is 38.0 Å². The molecule has 5 heteroatoms. The molecule has 1 saturated carbocycles. The number of aromatic nitrogens is 2. The second-order valence-corrected chi connectivity index (χ2v) is 6.93. The molecule has 19 heavy (non-hydrogen) atoms. The van der Waals surface area contributed by atoms with Crippen LogP contribution in [0.25, 0.3) is 11.0 Å². The Hall–Kier alpha value is -1.36. The minimum Gasteiger partial charge on any atom is -0.399 e. The minimum absolute atomic E-state index is 0.204. The van der Waals surface area contributed by atoms with Gasteiger partial charge in [-0.25, -0.2) is 4.98 Å². The summed E-state index contributed by atoms with van der Waals surface area (Å²) in [6.07, 6.45) is 4.17. The Kier molecular flexibility index (Phi) is 3.09. The lowest BCUT2D eigenvalue weighted by Gasteiger charge is -2.16. The van der Waals surface area contributed by atoms with Gasteiger partial charge < -0.3 is 10.3 Å². The van der Waals surface area contributed by atoms with Gasteiger partial charge in [0.15, 0.2) is 0 Å². The second kappa shape index (κ2) is 4.63. The molecule has 3 rings (SSSR count). The third kappa shape index (κ3) is 2.39. The molecule has 1 fully saturated rings. The maximum absolute atomic E-state index is 11.5. The first-order chi connectivity index (χ1) is 9.06. The number of imidazole rings is 1. The SMILES string of the molecule is CC(CS(C)=O)n1c(C2CC2)nc2cc(N)ccc21. The van der Waals surface area contributed by atoms with Crippen LogP contribution in [0.2, 0.25) is 0 Å². The fourth-order valence-electron chi connectivity index (χ4n) is 2.64. The van der Waals surface area contributed by atoms with Crippen LogP contribution in [0.4, 0.5) is 5.69 Å². The Balaban J connectivity index is 2.13. The molecule has 2 N–H and O–H groups in total. The molecular formula is C14H19N3OS. The van der Waals surface area contributed by atoms with E-state index in [0.717, 1.165) is 22.5 Å². The number of anilines is 1. The number of hydrogen-bond acceptors (Lipinski definition) is 3. The molecule has 1 aliphatic carbocycles. The van der Waals surface area contributed by atoms with Gasteiger partial charge in [0.1, 0.15) is 5.82 Å². The minimum atomic E-state index is -0.802. The van der Waals surface area contributed by atoms with Gasteiger partial charge in [-0.2, -0.15) is 0 Å². The molecule has 2 atom stereocenters. The van der Waals surface area contributed by atoms with Gasteiger partial charge in [0.25, 0.3) is 0 Å². The van der Waals surface area contributed by atoms with E-state index in [1.165, 1.54) is 12.8 Å². The number of nitrogen functional groups attached to an aromatic ring is 1. The Morgan fingerprint density at radius 1 is 1.53 bits per heavy atom. The fourth-order valence-corrected chi connectivity index (χ4v) is 3.47. The summed E-state index contributed by atoms with van der Waals surface area (Å²) in [5.41, 5.74) is 8.64. The van der Waals surface area contributed by atoms with Gasteiger partial charge in [-0.1, -0.05) is 0 Å². The Bertz CT molecular complexity index is 645. The highest BCUT2D eigenvalue weighted by Gasteiger charge is 2.31. The summed E-state index contributed by atoms with van der Waals surface area (Å²) < 4.78 is 13.8. The lowest BCUT2D eigenvalue weighted by molar-refractivity contribution is 0.584. The van der Waals surface area contributed by atoms with Gasteiger partial charge in [0, 0.05) is 40.5 Å². The summed E-state index contributed by atoms with van der Waals surface area (Å²) in [6, 6.07) is 6.06. The van der Waals surface area contributed by atoms with E-state index in [2.05, 4.69) is 11.5 Å². The predicted molar refractivity (Wildman–Crippen MR) is 79.8 cm³/mol. The third-order valence-corrected chi connectivity index (χ3v) is 4.55. The fraction of sp³-hybridized carbons (Fsp3) is 0.500. The number of nitrogens with two attached hydrogens (primary N) is 1. The van der Waals surface area contributed by atoms with Crippen molar-refractivity contribution < 1.29 is 4.21 Å². The van der Waals surface area contributed by atoms with Crippen LogP contribution in [0.1, 0.15) is 37.5 Å². The molecule has 1 heterocycles. The highest BCUT2D eigenvalue weighted by molar-refractivity contribution is 7.84. The van der Waals surface area contributed by atoms with Crippen LogP contribution in [0.5, 0.6) is 0 Å². The van der Waals surface area contributed by atoms with E-state index in [1.54, 1.807) is 6.26 Å². The van der Waals surface area contributed by atoms with Gasteiger partial charge >= 0.3 is 0 Å². The quantitative estimate of drug-likeness (QED) is 0.873.